The highest BCUT2D eigenvalue weighted by molar-refractivity contribution is 8.00. The number of aromatic nitrogens is 1. The van der Waals surface area contributed by atoms with Crippen LogP contribution in [-0.2, 0) is 0 Å². The third-order valence-electron chi connectivity index (χ3n) is 4.44. The van der Waals surface area contributed by atoms with Crippen molar-refractivity contribution in [3.63, 3.8) is 0 Å². The van der Waals surface area contributed by atoms with Crippen LogP contribution in [0.3, 0.4) is 0 Å². The molecule has 0 aliphatic carbocycles. The number of hydrogen-bond donors (Lipinski definition) is 1. The van der Waals surface area contributed by atoms with Gasteiger partial charge in [-0.25, -0.2) is 9.37 Å². The quantitative estimate of drug-likeness (QED) is 0.277. The number of pyridine rings is 1. The monoisotopic (exact) mass is 486 g/mol. The summed E-state index contributed by atoms with van der Waals surface area (Å²) in [5.74, 6) is -0.946. The summed E-state index contributed by atoms with van der Waals surface area (Å²) in [4.78, 5) is 16.8. The van der Waals surface area contributed by atoms with E-state index in [1.165, 1.54) is 7.11 Å². The summed E-state index contributed by atoms with van der Waals surface area (Å²) >= 11 is 12.6. The number of hydrogen-bond acceptors (Lipinski definition) is 7. The normalized spacial score (nSPS) is 10.3. The molecule has 0 amide bonds. The summed E-state index contributed by atoms with van der Waals surface area (Å²) in [7, 11) is 1.52. The van der Waals surface area contributed by atoms with Crippen LogP contribution in [-0.4, -0.2) is 23.6 Å². The van der Waals surface area contributed by atoms with Crippen LogP contribution in [0, 0.1) is 28.5 Å². The van der Waals surface area contributed by atoms with Gasteiger partial charge in [0.25, 0.3) is 0 Å². The van der Waals surface area contributed by atoms with Gasteiger partial charge < -0.3 is 10.5 Å². The Bertz CT molecular complexity index is 1300. The van der Waals surface area contributed by atoms with E-state index in [1.54, 1.807) is 24.3 Å². The molecule has 0 saturated heterocycles. The average molecular weight is 487 g/mol. The van der Waals surface area contributed by atoms with Crippen LogP contribution in [0.2, 0.25) is 10.0 Å². The maximum Gasteiger partial charge on any atom is 0.174 e. The van der Waals surface area contributed by atoms with Crippen LogP contribution in [0.1, 0.15) is 21.5 Å². The fourth-order valence-corrected chi connectivity index (χ4v) is 4.26. The zero-order valence-corrected chi connectivity index (χ0v) is 18.8. The first-order valence-electron chi connectivity index (χ1n) is 8.89. The first kappa shape index (κ1) is 23.4. The molecule has 10 heteroatoms. The molecule has 0 atom stereocenters. The van der Waals surface area contributed by atoms with Crippen molar-refractivity contribution < 1.29 is 13.9 Å². The van der Waals surface area contributed by atoms with Gasteiger partial charge in [-0.2, -0.15) is 10.5 Å². The number of nitrogens with zero attached hydrogens (tertiary/aromatic N) is 3. The standard InChI is InChI=1S/C22H13Cl2FN4O2S/c1-31-12-4-2-11(3-5-12)20-14(8-26)21(28)29-22(15(20)9-27)32-10-19(30)13-6-18(25)17(24)7-16(13)23/h2-7H,10H2,1H3,(H2,28,29). The fourth-order valence-electron chi connectivity index (χ4n) is 2.90. The van der Waals surface area contributed by atoms with E-state index in [0.29, 0.717) is 16.9 Å². The molecule has 0 bridgehead atoms. The van der Waals surface area contributed by atoms with Gasteiger partial charge >= 0.3 is 0 Å². The Kier molecular flexibility index (Phi) is 7.22. The third kappa shape index (κ3) is 4.63. The molecule has 0 fully saturated rings. The van der Waals surface area contributed by atoms with Gasteiger partial charge in [0, 0.05) is 11.1 Å². The van der Waals surface area contributed by atoms with Crippen LogP contribution in [0.25, 0.3) is 11.1 Å². The summed E-state index contributed by atoms with van der Waals surface area (Å²) in [6, 6.07) is 12.9. The largest absolute Gasteiger partial charge is 0.497 e. The number of nitrogen functional groups attached to an aromatic ring is 1. The molecule has 1 heterocycles. The molecule has 1 aromatic heterocycles. The topological polar surface area (TPSA) is 113 Å². The number of ketones is 1. The highest BCUT2D eigenvalue weighted by atomic mass is 35.5. The molecule has 0 aliphatic heterocycles. The SMILES string of the molecule is COc1ccc(-c2c(C#N)c(N)nc(SCC(=O)c3cc(F)c(Cl)cc3Cl)c2C#N)cc1. The molecular formula is C22H13Cl2FN4O2S. The number of Topliss-reactive ketones (excluding diaryl/α,β-unsaturated/α-hetero) is 1. The number of benzene rings is 2. The number of carbonyl (C=O) groups is 1. The summed E-state index contributed by atoms with van der Waals surface area (Å²) in [5, 5.41) is 19.4. The van der Waals surface area contributed by atoms with Gasteiger partial charge in [-0.05, 0) is 29.8 Å². The van der Waals surface area contributed by atoms with Crippen LogP contribution < -0.4 is 10.5 Å². The molecule has 0 saturated carbocycles. The Balaban J connectivity index is 2.01. The number of rotatable bonds is 6. The van der Waals surface area contributed by atoms with E-state index in [-0.39, 0.29) is 43.3 Å². The number of carbonyl (C=O) groups excluding carboxylic acids is 1. The van der Waals surface area contributed by atoms with Gasteiger partial charge in [0.15, 0.2) is 5.78 Å². The summed E-state index contributed by atoms with van der Waals surface area (Å²) in [6.07, 6.45) is 0. The molecule has 6 nitrogen and oxygen atoms in total. The lowest BCUT2D eigenvalue weighted by Gasteiger charge is -2.13. The third-order valence-corrected chi connectivity index (χ3v) is 6.02. The minimum Gasteiger partial charge on any atom is -0.497 e. The molecule has 3 aromatic rings. The van der Waals surface area contributed by atoms with Gasteiger partial charge in [0.2, 0.25) is 0 Å². The van der Waals surface area contributed by atoms with E-state index in [2.05, 4.69) is 4.98 Å². The maximum atomic E-state index is 13.8. The molecule has 0 radical (unpaired) electrons. The molecule has 0 aliphatic rings. The van der Waals surface area contributed by atoms with Gasteiger partial charge in [-0.3, -0.25) is 4.79 Å². The van der Waals surface area contributed by atoms with E-state index in [1.807, 2.05) is 12.1 Å². The van der Waals surface area contributed by atoms with Crippen LogP contribution >= 0.6 is 35.0 Å². The van der Waals surface area contributed by atoms with Crippen molar-refractivity contribution in [1.82, 2.24) is 4.98 Å². The van der Waals surface area contributed by atoms with E-state index >= 15 is 0 Å². The van der Waals surface area contributed by atoms with E-state index in [0.717, 1.165) is 23.9 Å². The van der Waals surface area contributed by atoms with E-state index < -0.39 is 11.6 Å². The number of ether oxygens (including phenoxy) is 1. The van der Waals surface area contributed by atoms with Crippen molar-refractivity contribution in [3.05, 3.63) is 69.0 Å². The van der Waals surface area contributed by atoms with Crippen molar-refractivity contribution in [2.24, 2.45) is 0 Å². The summed E-state index contributed by atoms with van der Waals surface area (Å²) in [5.41, 5.74) is 6.93. The first-order valence-corrected chi connectivity index (χ1v) is 10.6. The van der Waals surface area contributed by atoms with Gasteiger partial charge in [0.05, 0.1) is 28.5 Å². The minimum absolute atomic E-state index is 0.00808. The second-order valence-electron chi connectivity index (χ2n) is 6.34. The van der Waals surface area contributed by atoms with Crippen LogP contribution in [0.5, 0.6) is 5.75 Å². The molecule has 0 unspecified atom stereocenters. The van der Waals surface area contributed by atoms with Gasteiger partial charge in [-0.15, -0.1) is 0 Å². The minimum atomic E-state index is -0.773. The zero-order valence-electron chi connectivity index (χ0n) is 16.4. The molecule has 32 heavy (non-hydrogen) atoms. The van der Waals surface area contributed by atoms with Gasteiger partial charge in [0.1, 0.15) is 40.1 Å². The lowest BCUT2D eigenvalue weighted by Crippen LogP contribution is -2.07. The average Bonchev–Trinajstić information content (AvgIpc) is 2.79. The van der Waals surface area contributed by atoms with Crippen molar-refractivity contribution >= 4 is 46.6 Å². The number of nitriles is 2. The van der Waals surface area contributed by atoms with Crippen molar-refractivity contribution in [3.8, 4) is 29.0 Å². The molecule has 2 aromatic carbocycles. The molecule has 2 N–H and O–H groups in total. The summed E-state index contributed by atoms with van der Waals surface area (Å²) < 4.78 is 18.9. The molecule has 3 rings (SSSR count). The molecule has 0 spiro atoms. The van der Waals surface area contributed by atoms with Crippen molar-refractivity contribution in [1.29, 1.82) is 10.5 Å². The Hall–Kier alpha value is -3.30. The first-order chi connectivity index (χ1) is 15.3. The fraction of sp³-hybridized carbons (Fsp3) is 0.0909. The number of thioether (sulfide) groups is 1. The predicted octanol–water partition coefficient (Wildman–Crippen LogP) is 5.50. The lowest BCUT2D eigenvalue weighted by atomic mass is 9.97. The highest BCUT2D eigenvalue weighted by Crippen LogP contribution is 2.36. The molecule has 160 valence electrons. The highest BCUT2D eigenvalue weighted by Gasteiger charge is 2.22. The predicted molar refractivity (Wildman–Crippen MR) is 122 cm³/mol. The lowest BCUT2D eigenvalue weighted by molar-refractivity contribution is 0.102. The maximum absolute atomic E-state index is 13.8. The Labute approximate surface area is 197 Å². The van der Waals surface area contributed by atoms with E-state index in [4.69, 9.17) is 33.7 Å². The Morgan fingerprint density at radius 2 is 1.81 bits per heavy atom. The van der Waals surface area contributed by atoms with E-state index in [9.17, 15) is 19.7 Å². The number of halogens is 3. The molecular weight excluding hydrogens is 474 g/mol. The Morgan fingerprint density at radius 1 is 1.16 bits per heavy atom. The van der Waals surface area contributed by atoms with Crippen LogP contribution in [0.15, 0.2) is 41.4 Å². The second-order valence-corrected chi connectivity index (χ2v) is 8.12. The smallest absolute Gasteiger partial charge is 0.174 e. The number of nitrogens with two attached hydrogens (primary N) is 1. The van der Waals surface area contributed by atoms with Crippen molar-refractivity contribution in [2.75, 3.05) is 18.6 Å². The van der Waals surface area contributed by atoms with Gasteiger partial charge in [-0.1, -0.05) is 47.1 Å². The van der Waals surface area contributed by atoms with Crippen LogP contribution in [0.4, 0.5) is 10.2 Å². The number of anilines is 1. The Morgan fingerprint density at radius 3 is 2.41 bits per heavy atom. The second kappa shape index (κ2) is 9.88. The summed E-state index contributed by atoms with van der Waals surface area (Å²) in [6.45, 7) is 0. The zero-order chi connectivity index (χ0) is 23.4. The number of methoxy groups -OCH3 is 1. The van der Waals surface area contributed by atoms with Crippen molar-refractivity contribution in [2.45, 2.75) is 5.03 Å².